The van der Waals surface area contributed by atoms with E-state index in [0.29, 0.717) is 32.5 Å². The number of nitrogens with one attached hydrogen (secondary N) is 1. The summed E-state index contributed by atoms with van der Waals surface area (Å²) in [5.41, 5.74) is 5.37. The molecular formula is C14H21BrClN3O3S. The van der Waals surface area contributed by atoms with Crippen molar-refractivity contribution in [3.8, 4) is 0 Å². The van der Waals surface area contributed by atoms with Crippen LogP contribution in [0.1, 0.15) is 12.8 Å². The van der Waals surface area contributed by atoms with Crippen molar-refractivity contribution in [1.29, 1.82) is 0 Å². The number of carbonyl (C=O) groups excluding carboxylic acids is 1. The maximum Gasteiger partial charge on any atom is 0.243 e. The van der Waals surface area contributed by atoms with E-state index in [2.05, 4.69) is 21.2 Å². The van der Waals surface area contributed by atoms with E-state index < -0.39 is 10.0 Å². The van der Waals surface area contributed by atoms with Gasteiger partial charge in [0, 0.05) is 30.7 Å². The second-order valence-corrected chi connectivity index (χ2v) is 8.09. The van der Waals surface area contributed by atoms with Crippen LogP contribution in [0.25, 0.3) is 0 Å². The van der Waals surface area contributed by atoms with Crippen LogP contribution in [0, 0.1) is 5.92 Å². The maximum absolute atomic E-state index is 12.6. The van der Waals surface area contributed by atoms with Gasteiger partial charge in [0.1, 0.15) is 0 Å². The summed E-state index contributed by atoms with van der Waals surface area (Å²) in [6.45, 7) is 1.45. The van der Waals surface area contributed by atoms with Crippen LogP contribution in [0.2, 0.25) is 0 Å². The molecule has 1 aromatic carbocycles. The molecule has 0 radical (unpaired) electrons. The molecule has 0 spiro atoms. The van der Waals surface area contributed by atoms with Gasteiger partial charge in [-0.1, -0.05) is 15.9 Å². The van der Waals surface area contributed by atoms with E-state index in [1.807, 2.05) is 0 Å². The van der Waals surface area contributed by atoms with Gasteiger partial charge in [-0.05, 0) is 37.1 Å². The summed E-state index contributed by atoms with van der Waals surface area (Å²) in [4.78, 5) is 12.3. The predicted molar refractivity (Wildman–Crippen MR) is 94.9 cm³/mol. The Morgan fingerprint density at radius 3 is 2.61 bits per heavy atom. The number of benzene rings is 1. The monoisotopic (exact) mass is 425 g/mol. The number of amides is 1. The zero-order chi connectivity index (χ0) is 16.2. The molecular weight excluding hydrogens is 406 g/mol. The topological polar surface area (TPSA) is 92.5 Å². The number of carbonyl (C=O) groups is 1. The van der Waals surface area contributed by atoms with Gasteiger partial charge in [0.25, 0.3) is 0 Å². The molecule has 0 aliphatic carbocycles. The lowest BCUT2D eigenvalue weighted by molar-refractivity contribution is -0.126. The van der Waals surface area contributed by atoms with Gasteiger partial charge in [-0.2, -0.15) is 4.31 Å². The van der Waals surface area contributed by atoms with Crippen LogP contribution in [0.4, 0.5) is 0 Å². The molecule has 1 unspecified atom stereocenters. The average Bonchev–Trinajstić information content (AvgIpc) is 2.53. The minimum Gasteiger partial charge on any atom is -0.355 e. The lowest BCUT2D eigenvalue weighted by Crippen LogP contribution is -2.46. The summed E-state index contributed by atoms with van der Waals surface area (Å²) in [6, 6.07) is 6.53. The lowest BCUT2D eigenvalue weighted by Gasteiger charge is -2.31. The normalized spacial score (nSPS) is 19.0. The van der Waals surface area contributed by atoms with Crippen molar-refractivity contribution in [2.24, 2.45) is 11.7 Å². The van der Waals surface area contributed by atoms with Crippen molar-refractivity contribution in [3.05, 3.63) is 28.7 Å². The van der Waals surface area contributed by atoms with E-state index in [4.69, 9.17) is 5.73 Å². The molecule has 1 aromatic rings. The Labute approximate surface area is 151 Å². The maximum atomic E-state index is 12.6. The van der Waals surface area contributed by atoms with Crippen molar-refractivity contribution in [2.45, 2.75) is 17.7 Å². The summed E-state index contributed by atoms with van der Waals surface area (Å²) >= 11 is 3.29. The van der Waals surface area contributed by atoms with Crippen LogP contribution in [0.15, 0.2) is 33.6 Å². The first-order valence-electron chi connectivity index (χ1n) is 7.18. The molecule has 1 aliphatic heterocycles. The molecule has 2 rings (SSSR count). The van der Waals surface area contributed by atoms with Crippen LogP contribution in [-0.2, 0) is 14.8 Å². The molecule has 0 bridgehead atoms. The number of hydrogen-bond donors (Lipinski definition) is 2. The number of hydrogen-bond acceptors (Lipinski definition) is 4. The minimum atomic E-state index is -3.56. The second-order valence-electron chi connectivity index (χ2n) is 5.24. The Kier molecular flexibility index (Phi) is 7.96. The summed E-state index contributed by atoms with van der Waals surface area (Å²) < 4.78 is 27.5. The van der Waals surface area contributed by atoms with E-state index >= 15 is 0 Å². The molecule has 1 heterocycles. The summed E-state index contributed by atoms with van der Waals surface area (Å²) in [5, 5.41) is 2.73. The minimum absolute atomic E-state index is 0. The predicted octanol–water partition coefficient (Wildman–Crippen LogP) is 1.35. The van der Waals surface area contributed by atoms with Gasteiger partial charge in [-0.15, -0.1) is 12.4 Å². The van der Waals surface area contributed by atoms with E-state index in [0.717, 1.165) is 4.47 Å². The summed E-state index contributed by atoms with van der Waals surface area (Å²) in [5.74, 6) is -0.438. The highest BCUT2D eigenvalue weighted by molar-refractivity contribution is 9.10. The molecule has 23 heavy (non-hydrogen) atoms. The van der Waals surface area contributed by atoms with Gasteiger partial charge in [-0.25, -0.2) is 8.42 Å². The molecule has 3 N–H and O–H groups in total. The zero-order valence-electron chi connectivity index (χ0n) is 12.6. The molecule has 130 valence electrons. The Hall–Kier alpha value is -0.670. The molecule has 0 saturated carbocycles. The highest BCUT2D eigenvalue weighted by Crippen LogP contribution is 2.24. The van der Waals surface area contributed by atoms with Crippen molar-refractivity contribution in [1.82, 2.24) is 9.62 Å². The first-order valence-corrected chi connectivity index (χ1v) is 9.42. The first-order chi connectivity index (χ1) is 10.4. The number of nitrogens with zero attached hydrogens (tertiary/aromatic N) is 1. The van der Waals surface area contributed by atoms with Crippen LogP contribution in [-0.4, -0.2) is 44.8 Å². The number of sulfonamides is 1. The smallest absolute Gasteiger partial charge is 0.243 e. The van der Waals surface area contributed by atoms with Crippen LogP contribution in [0.3, 0.4) is 0 Å². The molecule has 1 saturated heterocycles. The fourth-order valence-corrected chi connectivity index (χ4v) is 4.26. The Bertz CT molecular complexity index is 625. The Morgan fingerprint density at radius 1 is 1.35 bits per heavy atom. The largest absolute Gasteiger partial charge is 0.355 e. The van der Waals surface area contributed by atoms with Gasteiger partial charge in [0.05, 0.1) is 10.8 Å². The third kappa shape index (κ3) is 5.15. The molecule has 0 aromatic heterocycles. The summed E-state index contributed by atoms with van der Waals surface area (Å²) in [7, 11) is -3.56. The van der Waals surface area contributed by atoms with E-state index in [1.165, 1.54) is 4.31 Å². The quantitative estimate of drug-likeness (QED) is 0.743. The van der Waals surface area contributed by atoms with Crippen LogP contribution >= 0.6 is 28.3 Å². The van der Waals surface area contributed by atoms with Gasteiger partial charge in [-0.3, -0.25) is 4.79 Å². The first kappa shape index (κ1) is 20.4. The average molecular weight is 427 g/mol. The second kappa shape index (κ2) is 8.98. The number of rotatable bonds is 5. The third-order valence-electron chi connectivity index (χ3n) is 3.65. The van der Waals surface area contributed by atoms with Crippen molar-refractivity contribution >= 4 is 44.3 Å². The Balaban J connectivity index is 0.00000264. The molecule has 1 atom stereocenters. The SMILES string of the molecule is Cl.NCCNC(=O)C1CCCN(S(=O)(=O)c2ccc(Br)cc2)C1. The van der Waals surface area contributed by atoms with Gasteiger partial charge >= 0.3 is 0 Å². The molecule has 1 aliphatic rings. The number of piperidine rings is 1. The van der Waals surface area contributed by atoms with E-state index in [1.54, 1.807) is 24.3 Å². The van der Waals surface area contributed by atoms with Crippen molar-refractivity contribution < 1.29 is 13.2 Å². The Morgan fingerprint density at radius 2 is 2.00 bits per heavy atom. The highest BCUT2D eigenvalue weighted by Gasteiger charge is 2.33. The van der Waals surface area contributed by atoms with Crippen molar-refractivity contribution in [2.75, 3.05) is 26.2 Å². The molecule has 6 nitrogen and oxygen atoms in total. The third-order valence-corrected chi connectivity index (χ3v) is 6.06. The number of nitrogens with two attached hydrogens (primary N) is 1. The van der Waals surface area contributed by atoms with E-state index in [-0.39, 0.29) is 35.7 Å². The highest BCUT2D eigenvalue weighted by atomic mass is 79.9. The van der Waals surface area contributed by atoms with Gasteiger partial charge < -0.3 is 11.1 Å². The van der Waals surface area contributed by atoms with Gasteiger partial charge in [0.15, 0.2) is 0 Å². The molecule has 9 heteroatoms. The fraction of sp³-hybridized carbons (Fsp3) is 0.500. The zero-order valence-corrected chi connectivity index (χ0v) is 15.8. The standard InChI is InChI=1S/C14H20BrN3O3S.ClH/c15-12-3-5-13(6-4-12)22(20,21)18-9-1-2-11(10-18)14(19)17-8-7-16;/h3-6,11H,1-2,7-10,16H2,(H,17,19);1H. The molecule has 1 amide bonds. The van der Waals surface area contributed by atoms with Gasteiger partial charge in [0.2, 0.25) is 15.9 Å². The fourth-order valence-electron chi connectivity index (χ4n) is 2.47. The van der Waals surface area contributed by atoms with Crippen LogP contribution in [0.5, 0.6) is 0 Å². The van der Waals surface area contributed by atoms with Crippen molar-refractivity contribution in [3.63, 3.8) is 0 Å². The summed E-state index contributed by atoms with van der Waals surface area (Å²) in [6.07, 6.45) is 1.37. The van der Waals surface area contributed by atoms with Crippen LogP contribution < -0.4 is 11.1 Å². The van der Waals surface area contributed by atoms with E-state index in [9.17, 15) is 13.2 Å². The number of halogens is 2. The lowest BCUT2D eigenvalue weighted by atomic mass is 9.99. The molecule has 1 fully saturated rings.